The highest BCUT2D eigenvalue weighted by atomic mass is 32.1. The maximum Gasteiger partial charge on any atom is 0.254 e. The Bertz CT molecular complexity index is 470. The van der Waals surface area contributed by atoms with Crippen LogP contribution in [0.4, 0.5) is 4.39 Å². The highest BCUT2D eigenvalue weighted by Crippen LogP contribution is 2.30. The van der Waals surface area contributed by atoms with Gasteiger partial charge >= 0.3 is 0 Å². The first-order chi connectivity index (χ1) is 9.60. The standard InChI is InChI=1S/C16H22FNOS/c1-2-11-3-5-12(6-4-11)10-18-16(19)14-9-13(20)7-8-15(14)17/h7-9,11-12,20H,2-6,10H2,1H3,(H,18,19). The van der Waals surface area contributed by atoms with Gasteiger partial charge in [-0.05, 0) is 42.9 Å². The molecule has 0 radical (unpaired) electrons. The van der Waals surface area contributed by atoms with E-state index in [4.69, 9.17) is 0 Å². The van der Waals surface area contributed by atoms with Crippen LogP contribution in [0.3, 0.4) is 0 Å². The van der Waals surface area contributed by atoms with E-state index >= 15 is 0 Å². The first kappa shape index (κ1) is 15.4. The quantitative estimate of drug-likeness (QED) is 0.806. The normalized spacial score (nSPS) is 22.6. The molecule has 0 aliphatic heterocycles. The molecule has 1 aromatic carbocycles. The second kappa shape index (κ2) is 7.11. The van der Waals surface area contributed by atoms with Crippen LogP contribution < -0.4 is 5.32 Å². The number of carbonyl (C=O) groups is 1. The summed E-state index contributed by atoms with van der Waals surface area (Å²) in [5, 5.41) is 2.86. The van der Waals surface area contributed by atoms with Crippen LogP contribution in [0.2, 0.25) is 0 Å². The van der Waals surface area contributed by atoms with Gasteiger partial charge in [0.1, 0.15) is 5.82 Å². The fourth-order valence-corrected chi connectivity index (χ4v) is 3.07. The molecule has 20 heavy (non-hydrogen) atoms. The van der Waals surface area contributed by atoms with Crippen molar-refractivity contribution in [3.63, 3.8) is 0 Å². The Labute approximate surface area is 125 Å². The second-order valence-corrected chi connectivity index (χ2v) is 6.19. The van der Waals surface area contributed by atoms with Gasteiger partial charge in [0.25, 0.3) is 5.91 Å². The summed E-state index contributed by atoms with van der Waals surface area (Å²) in [5.74, 6) is 0.551. The van der Waals surface area contributed by atoms with Crippen molar-refractivity contribution in [1.29, 1.82) is 0 Å². The van der Waals surface area contributed by atoms with Crippen LogP contribution in [0, 0.1) is 17.7 Å². The smallest absolute Gasteiger partial charge is 0.254 e. The summed E-state index contributed by atoms with van der Waals surface area (Å²) in [6.07, 6.45) is 6.07. The van der Waals surface area contributed by atoms with Gasteiger partial charge in [0, 0.05) is 11.4 Å². The summed E-state index contributed by atoms with van der Waals surface area (Å²) >= 11 is 4.14. The van der Waals surface area contributed by atoms with E-state index in [0.717, 1.165) is 18.8 Å². The van der Waals surface area contributed by atoms with Crippen molar-refractivity contribution in [3.8, 4) is 0 Å². The van der Waals surface area contributed by atoms with E-state index in [1.54, 1.807) is 6.07 Å². The first-order valence-electron chi connectivity index (χ1n) is 7.36. The van der Waals surface area contributed by atoms with Crippen molar-refractivity contribution in [1.82, 2.24) is 5.32 Å². The number of thiol groups is 1. The monoisotopic (exact) mass is 295 g/mol. The Kier molecular flexibility index (Phi) is 5.46. The fraction of sp³-hybridized carbons (Fsp3) is 0.562. The topological polar surface area (TPSA) is 29.1 Å². The van der Waals surface area contributed by atoms with E-state index in [9.17, 15) is 9.18 Å². The molecule has 2 nitrogen and oxygen atoms in total. The van der Waals surface area contributed by atoms with Gasteiger partial charge in [-0.25, -0.2) is 4.39 Å². The molecule has 0 atom stereocenters. The van der Waals surface area contributed by atoms with E-state index in [-0.39, 0.29) is 11.5 Å². The van der Waals surface area contributed by atoms with Crippen molar-refractivity contribution in [2.75, 3.05) is 6.54 Å². The zero-order chi connectivity index (χ0) is 14.5. The molecule has 1 amide bonds. The van der Waals surface area contributed by atoms with Crippen molar-refractivity contribution < 1.29 is 9.18 Å². The average Bonchev–Trinajstić information content (AvgIpc) is 2.47. The minimum Gasteiger partial charge on any atom is -0.352 e. The predicted octanol–water partition coefficient (Wildman–Crippen LogP) is 4.06. The Hall–Kier alpha value is -1.03. The number of halogens is 1. The number of hydrogen-bond acceptors (Lipinski definition) is 2. The molecule has 0 spiro atoms. The number of amides is 1. The second-order valence-electron chi connectivity index (χ2n) is 5.67. The number of carbonyl (C=O) groups excluding carboxylic acids is 1. The highest BCUT2D eigenvalue weighted by Gasteiger charge is 2.21. The molecule has 1 aliphatic carbocycles. The molecule has 4 heteroatoms. The molecule has 1 fully saturated rings. The summed E-state index contributed by atoms with van der Waals surface area (Å²) in [6, 6.07) is 4.30. The molecule has 1 aliphatic rings. The molecule has 110 valence electrons. The van der Waals surface area contributed by atoms with Crippen LogP contribution in [-0.2, 0) is 0 Å². The van der Waals surface area contributed by atoms with Crippen molar-refractivity contribution in [2.45, 2.75) is 43.9 Å². The van der Waals surface area contributed by atoms with Crippen molar-refractivity contribution >= 4 is 18.5 Å². The van der Waals surface area contributed by atoms with Gasteiger partial charge in [-0.15, -0.1) is 12.6 Å². The molecular weight excluding hydrogens is 273 g/mol. The maximum atomic E-state index is 13.6. The van der Waals surface area contributed by atoms with Gasteiger partial charge in [-0.1, -0.05) is 26.2 Å². The molecule has 1 aromatic rings. The van der Waals surface area contributed by atoms with Gasteiger partial charge in [0.05, 0.1) is 5.56 Å². The molecule has 0 saturated heterocycles. The lowest BCUT2D eigenvalue weighted by molar-refractivity contribution is 0.0937. The molecule has 0 bridgehead atoms. The third-order valence-electron chi connectivity index (χ3n) is 4.29. The molecule has 1 saturated carbocycles. The SMILES string of the molecule is CCC1CCC(CNC(=O)c2cc(S)ccc2F)CC1. The molecule has 2 rings (SSSR count). The van der Waals surface area contributed by atoms with E-state index in [2.05, 4.69) is 24.9 Å². The number of hydrogen-bond donors (Lipinski definition) is 2. The summed E-state index contributed by atoms with van der Waals surface area (Å²) in [4.78, 5) is 12.6. The Morgan fingerprint density at radius 3 is 2.60 bits per heavy atom. The van der Waals surface area contributed by atoms with E-state index in [1.807, 2.05) is 0 Å². The zero-order valence-electron chi connectivity index (χ0n) is 11.9. The van der Waals surface area contributed by atoms with Crippen molar-refractivity contribution in [3.05, 3.63) is 29.6 Å². The van der Waals surface area contributed by atoms with Gasteiger partial charge in [0.2, 0.25) is 0 Å². The lowest BCUT2D eigenvalue weighted by Gasteiger charge is -2.27. The minimum atomic E-state index is -0.491. The molecule has 0 heterocycles. The Morgan fingerprint density at radius 1 is 1.30 bits per heavy atom. The maximum absolute atomic E-state index is 13.6. The summed E-state index contributed by atoms with van der Waals surface area (Å²) in [6.45, 7) is 2.88. The number of rotatable bonds is 4. The molecule has 1 N–H and O–H groups in total. The molecule has 0 unspecified atom stereocenters. The first-order valence-corrected chi connectivity index (χ1v) is 7.81. The number of benzene rings is 1. The summed E-state index contributed by atoms with van der Waals surface area (Å²) in [5.41, 5.74) is 0.0831. The Morgan fingerprint density at radius 2 is 1.95 bits per heavy atom. The third-order valence-corrected chi connectivity index (χ3v) is 4.57. The van der Waals surface area contributed by atoms with Crippen LogP contribution in [0.1, 0.15) is 49.4 Å². The lowest BCUT2D eigenvalue weighted by Crippen LogP contribution is -2.31. The fourth-order valence-electron chi connectivity index (χ4n) is 2.86. The van der Waals surface area contributed by atoms with Gasteiger partial charge in [-0.2, -0.15) is 0 Å². The number of nitrogens with one attached hydrogen (secondary N) is 1. The van der Waals surface area contributed by atoms with E-state index < -0.39 is 5.82 Å². The van der Waals surface area contributed by atoms with Gasteiger partial charge in [0.15, 0.2) is 0 Å². The lowest BCUT2D eigenvalue weighted by atomic mass is 9.81. The van der Waals surface area contributed by atoms with Crippen LogP contribution in [0.25, 0.3) is 0 Å². The third kappa shape index (κ3) is 3.98. The average molecular weight is 295 g/mol. The van der Waals surface area contributed by atoms with Crippen molar-refractivity contribution in [2.24, 2.45) is 11.8 Å². The minimum absolute atomic E-state index is 0.0831. The van der Waals surface area contributed by atoms with E-state index in [1.165, 1.54) is 31.4 Å². The van der Waals surface area contributed by atoms with E-state index in [0.29, 0.717) is 17.4 Å². The predicted molar refractivity (Wildman–Crippen MR) is 81.7 cm³/mol. The summed E-state index contributed by atoms with van der Waals surface area (Å²) < 4.78 is 13.6. The Balaban J connectivity index is 1.85. The van der Waals surface area contributed by atoms with Gasteiger partial charge in [-0.3, -0.25) is 4.79 Å². The van der Waals surface area contributed by atoms with Crippen LogP contribution >= 0.6 is 12.6 Å². The van der Waals surface area contributed by atoms with Crippen LogP contribution in [0.5, 0.6) is 0 Å². The summed E-state index contributed by atoms with van der Waals surface area (Å²) in [7, 11) is 0. The molecular formula is C16H22FNOS. The van der Waals surface area contributed by atoms with Crippen LogP contribution in [0.15, 0.2) is 23.1 Å². The largest absolute Gasteiger partial charge is 0.352 e. The zero-order valence-corrected chi connectivity index (χ0v) is 12.8. The highest BCUT2D eigenvalue weighted by molar-refractivity contribution is 7.80. The molecule has 0 aromatic heterocycles. The van der Waals surface area contributed by atoms with Crippen LogP contribution in [-0.4, -0.2) is 12.5 Å². The van der Waals surface area contributed by atoms with Gasteiger partial charge < -0.3 is 5.32 Å².